The predicted octanol–water partition coefficient (Wildman–Crippen LogP) is 3.42. The first kappa shape index (κ1) is 17.0. The molecule has 1 rings (SSSR count). The summed E-state index contributed by atoms with van der Waals surface area (Å²) in [5, 5.41) is 3.12. The van der Waals surface area contributed by atoms with Crippen LogP contribution in [-0.4, -0.2) is 25.0 Å². The van der Waals surface area contributed by atoms with E-state index in [0.717, 1.165) is 0 Å². The van der Waals surface area contributed by atoms with Crippen molar-refractivity contribution in [1.82, 2.24) is 5.32 Å². The lowest BCUT2D eigenvalue weighted by Crippen LogP contribution is -2.42. The van der Waals surface area contributed by atoms with E-state index in [4.69, 9.17) is 16.3 Å². The van der Waals surface area contributed by atoms with E-state index < -0.39 is 12.0 Å². The normalized spacial score (nSPS) is 12.1. The second-order valence-electron chi connectivity index (χ2n) is 4.81. The number of hydrogen-bond acceptors (Lipinski definition) is 3. The molecular formula is C14H17BrClNO3. The van der Waals surface area contributed by atoms with Gasteiger partial charge in [0.15, 0.2) is 0 Å². The van der Waals surface area contributed by atoms with Crippen molar-refractivity contribution in [1.29, 1.82) is 0 Å². The number of esters is 1. The summed E-state index contributed by atoms with van der Waals surface area (Å²) in [5.41, 5.74) is 0.399. The van der Waals surface area contributed by atoms with Crippen LogP contribution in [0.15, 0.2) is 22.7 Å². The summed E-state index contributed by atoms with van der Waals surface area (Å²) in [4.78, 5) is 23.8. The number of nitrogens with one attached hydrogen (secondary N) is 1. The fraction of sp³-hybridized carbons (Fsp3) is 0.429. The van der Waals surface area contributed by atoms with Crippen molar-refractivity contribution in [2.45, 2.75) is 26.3 Å². The van der Waals surface area contributed by atoms with Gasteiger partial charge in [-0.15, -0.1) is 0 Å². The number of ether oxygens (including phenoxy) is 1. The largest absolute Gasteiger partial charge is 0.467 e. The predicted molar refractivity (Wildman–Crippen MR) is 81.9 cm³/mol. The number of methoxy groups -OCH3 is 1. The average molecular weight is 363 g/mol. The van der Waals surface area contributed by atoms with Gasteiger partial charge in [-0.1, -0.05) is 25.4 Å². The molecule has 0 saturated carbocycles. The fourth-order valence-corrected chi connectivity index (χ4v) is 2.13. The van der Waals surface area contributed by atoms with Crippen LogP contribution in [0.5, 0.6) is 0 Å². The van der Waals surface area contributed by atoms with Crippen molar-refractivity contribution < 1.29 is 14.3 Å². The molecule has 0 fully saturated rings. The molecule has 0 bridgehead atoms. The Labute approximate surface area is 132 Å². The zero-order valence-corrected chi connectivity index (χ0v) is 13.9. The van der Waals surface area contributed by atoms with Gasteiger partial charge in [0.2, 0.25) is 0 Å². The molecule has 0 aliphatic rings. The maximum absolute atomic E-state index is 12.1. The van der Waals surface area contributed by atoms with Gasteiger partial charge in [0.05, 0.1) is 12.1 Å². The highest BCUT2D eigenvalue weighted by Gasteiger charge is 2.23. The van der Waals surface area contributed by atoms with Gasteiger partial charge in [0.1, 0.15) is 6.04 Å². The van der Waals surface area contributed by atoms with E-state index in [1.165, 1.54) is 7.11 Å². The molecule has 0 saturated heterocycles. The molecule has 0 radical (unpaired) electrons. The minimum Gasteiger partial charge on any atom is -0.467 e. The number of amides is 1. The van der Waals surface area contributed by atoms with Crippen molar-refractivity contribution in [3.8, 4) is 0 Å². The standard InChI is InChI=1S/C14H17BrClNO3/c1-8(2)6-12(14(19)20-3)17-13(18)9-4-5-10(15)11(16)7-9/h4-5,7-8,12H,6H2,1-3H3,(H,17,18). The molecule has 1 amide bonds. The van der Waals surface area contributed by atoms with E-state index >= 15 is 0 Å². The highest BCUT2D eigenvalue weighted by molar-refractivity contribution is 9.10. The average Bonchev–Trinajstić information content (AvgIpc) is 2.39. The third-order valence-corrected chi connectivity index (χ3v) is 3.91. The molecule has 1 N–H and O–H groups in total. The van der Waals surface area contributed by atoms with Gasteiger partial charge >= 0.3 is 5.97 Å². The Bertz CT molecular complexity index is 505. The van der Waals surface area contributed by atoms with Gasteiger partial charge in [-0.05, 0) is 46.5 Å². The lowest BCUT2D eigenvalue weighted by Gasteiger charge is -2.18. The lowest BCUT2D eigenvalue weighted by molar-refractivity contribution is -0.143. The summed E-state index contributed by atoms with van der Waals surface area (Å²) < 4.78 is 5.42. The Hall–Kier alpha value is -1.07. The molecule has 0 aromatic heterocycles. The van der Waals surface area contributed by atoms with Crippen molar-refractivity contribution in [3.05, 3.63) is 33.3 Å². The van der Waals surface area contributed by atoms with Crippen molar-refractivity contribution in [2.24, 2.45) is 5.92 Å². The number of rotatable bonds is 5. The second-order valence-corrected chi connectivity index (χ2v) is 6.07. The topological polar surface area (TPSA) is 55.4 Å². The molecule has 0 aliphatic heterocycles. The van der Waals surface area contributed by atoms with Gasteiger partial charge in [0, 0.05) is 10.0 Å². The maximum Gasteiger partial charge on any atom is 0.328 e. The molecule has 20 heavy (non-hydrogen) atoms. The molecule has 6 heteroatoms. The summed E-state index contributed by atoms with van der Waals surface area (Å²) in [6.07, 6.45) is 0.517. The zero-order chi connectivity index (χ0) is 15.3. The van der Waals surface area contributed by atoms with E-state index in [1.807, 2.05) is 13.8 Å². The third-order valence-electron chi connectivity index (χ3n) is 2.68. The molecule has 0 aliphatic carbocycles. The van der Waals surface area contributed by atoms with Crippen LogP contribution < -0.4 is 5.32 Å². The molecule has 4 nitrogen and oxygen atoms in total. The van der Waals surface area contributed by atoms with Gasteiger partial charge in [-0.3, -0.25) is 4.79 Å². The van der Waals surface area contributed by atoms with Crippen molar-refractivity contribution in [2.75, 3.05) is 7.11 Å². The molecule has 0 spiro atoms. The van der Waals surface area contributed by atoms with Crippen LogP contribution in [0.3, 0.4) is 0 Å². The Morgan fingerprint density at radius 3 is 2.55 bits per heavy atom. The lowest BCUT2D eigenvalue weighted by atomic mass is 10.0. The van der Waals surface area contributed by atoms with Gasteiger partial charge < -0.3 is 10.1 Å². The van der Waals surface area contributed by atoms with E-state index in [2.05, 4.69) is 21.2 Å². The Kier molecular flexibility index (Phi) is 6.49. The number of halogens is 2. The molecular weight excluding hydrogens is 346 g/mol. The maximum atomic E-state index is 12.1. The minimum absolute atomic E-state index is 0.257. The smallest absolute Gasteiger partial charge is 0.328 e. The SMILES string of the molecule is COC(=O)C(CC(C)C)NC(=O)c1ccc(Br)c(Cl)c1. The van der Waals surface area contributed by atoms with E-state index in [-0.39, 0.29) is 11.8 Å². The molecule has 1 unspecified atom stereocenters. The van der Waals surface area contributed by atoms with Crippen LogP contribution in [-0.2, 0) is 9.53 Å². The quantitative estimate of drug-likeness (QED) is 0.817. The van der Waals surface area contributed by atoms with Crippen molar-refractivity contribution in [3.63, 3.8) is 0 Å². The summed E-state index contributed by atoms with van der Waals surface area (Å²) in [7, 11) is 1.30. The first-order valence-corrected chi connectivity index (χ1v) is 7.36. The Balaban J connectivity index is 2.84. The Morgan fingerprint density at radius 1 is 1.40 bits per heavy atom. The molecule has 1 aromatic carbocycles. The van der Waals surface area contributed by atoms with Crippen LogP contribution in [0.1, 0.15) is 30.6 Å². The van der Waals surface area contributed by atoms with Gasteiger partial charge in [0.25, 0.3) is 5.91 Å². The van der Waals surface area contributed by atoms with Crippen LogP contribution in [0, 0.1) is 5.92 Å². The van der Waals surface area contributed by atoms with E-state index in [9.17, 15) is 9.59 Å². The Morgan fingerprint density at radius 2 is 2.05 bits per heavy atom. The first-order chi connectivity index (χ1) is 9.35. The fourth-order valence-electron chi connectivity index (χ4n) is 1.71. The highest BCUT2D eigenvalue weighted by Crippen LogP contribution is 2.23. The number of hydrogen-bond donors (Lipinski definition) is 1. The summed E-state index contributed by atoms with van der Waals surface area (Å²) >= 11 is 9.21. The second kappa shape index (κ2) is 7.64. The first-order valence-electron chi connectivity index (χ1n) is 6.19. The van der Waals surface area contributed by atoms with Crippen molar-refractivity contribution >= 4 is 39.4 Å². The highest BCUT2D eigenvalue weighted by atomic mass is 79.9. The molecule has 1 aromatic rings. The van der Waals surface area contributed by atoms with Gasteiger partial charge in [-0.2, -0.15) is 0 Å². The summed E-state index contributed by atoms with van der Waals surface area (Å²) in [6, 6.07) is 4.21. The zero-order valence-electron chi connectivity index (χ0n) is 11.6. The van der Waals surface area contributed by atoms with Crippen LogP contribution >= 0.6 is 27.5 Å². The van der Waals surface area contributed by atoms with Crippen LogP contribution in [0.4, 0.5) is 0 Å². The molecule has 0 heterocycles. The third kappa shape index (κ3) is 4.80. The molecule has 1 atom stereocenters. The van der Waals surface area contributed by atoms with Crippen LogP contribution in [0.25, 0.3) is 0 Å². The summed E-state index contributed by atoms with van der Waals surface area (Å²) in [6.45, 7) is 3.94. The number of carbonyl (C=O) groups excluding carboxylic acids is 2. The minimum atomic E-state index is -0.657. The number of benzene rings is 1. The van der Waals surface area contributed by atoms with E-state index in [0.29, 0.717) is 21.5 Å². The van der Waals surface area contributed by atoms with Gasteiger partial charge in [-0.25, -0.2) is 4.79 Å². The summed E-state index contributed by atoms with van der Waals surface area (Å²) in [5.74, 6) is -0.543. The van der Waals surface area contributed by atoms with E-state index in [1.54, 1.807) is 18.2 Å². The molecule has 110 valence electrons. The van der Waals surface area contributed by atoms with Crippen LogP contribution in [0.2, 0.25) is 5.02 Å². The monoisotopic (exact) mass is 361 g/mol. The number of carbonyl (C=O) groups is 2.